The summed E-state index contributed by atoms with van der Waals surface area (Å²) < 4.78 is 31.6. The van der Waals surface area contributed by atoms with Crippen molar-refractivity contribution in [3.8, 4) is 16.9 Å². The van der Waals surface area contributed by atoms with E-state index in [1.54, 1.807) is 19.3 Å². The fourth-order valence-corrected chi connectivity index (χ4v) is 2.85. The molecule has 2 rings (SSSR count). The molecule has 0 radical (unpaired) electrons. The molecular weight excluding hydrogens is 394 g/mol. The van der Waals surface area contributed by atoms with Crippen molar-refractivity contribution in [2.75, 3.05) is 13.7 Å². The minimum absolute atomic E-state index is 0.00697. The van der Waals surface area contributed by atoms with Crippen molar-refractivity contribution in [2.24, 2.45) is 0 Å². The van der Waals surface area contributed by atoms with E-state index in [1.807, 2.05) is 48.5 Å². The predicted molar refractivity (Wildman–Crippen MR) is 110 cm³/mol. The summed E-state index contributed by atoms with van der Waals surface area (Å²) in [6.07, 6.45) is 0.174. The second kappa shape index (κ2) is 9.80. The van der Waals surface area contributed by atoms with Crippen LogP contribution in [0.2, 0.25) is 0 Å². The molecule has 0 bridgehead atoms. The molecule has 2 aromatic rings. The van der Waals surface area contributed by atoms with Crippen molar-refractivity contribution in [3.63, 3.8) is 0 Å². The Labute approximate surface area is 174 Å². The number of carbonyl (C=O) groups excluding carboxylic acids is 1. The lowest BCUT2D eigenvalue weighted by molar-refractivity contribution is -0.166. The van der Waals surface area contributed by atoms with E-state index in [-0.39, 0.29) is 6.54 Å². The monoisotopic (exact) mass is 420 g/mol. The van der Waals surface area contributed by atoms with E-state index in [9.17, 15) is 18.7 Å². The van der Waals surface area contributed by atoms with Crippen LogP contribution in [0.3, 0.4) is 0 Å². The van der Waals surface area contributed by atoms with Gasteiger partial charge < -0.3 is 9.84 Å². The molecule has 0 spiro atoms. The first-order chi connectivity index (χ1) is 14.2. The number of nitrogens with one attached hydrogen (secondary N) is 2. The van der Waals surface area contributed by atoms with E-state index in [0.717, 1.165) is 36.3 Å². The minimum Gasteiger partial charge on any atom is -0.497 e. The lowest BCUT2D eigenvalue weighted by Crippen LogP contribution is -2.69. The molecule has 6 nitrogen and oxygen atoms in total. The maximum Gasteiger partial charge on any atom is 0.268 e. The van der Waals surface area contributed by atoms with Crippen molar-refractivity contribution in [3.05, 3.63) is 60.2 Å². The van der Waals surface area contributed by atoms with Gasteiger partial charge >= 0.3 is 0 Å². The SMILES string of the molecule is COc1ccc(-c2ccc(/C=C/CNC(C)(C(=O)NO)C(C)(O)C(F)F)cc2)cc1. The van der Waals surface area contributed by atoms with Crippen molar-refractivity contribution in [2.45, 2.75) is 31.4 Å². The van der Waals surface area contributed by atoms with Crippen LogP contribution in [-0.2, 0) is 4.79 Å². The summed E-state index contributed by atoms with van der Waals surface area (Å²) >= 11 is 0. The summed E-state index contributed by atoms with van der Waals surface area (Å²) in [5, 5.41) is 21.5. The number of hydroxylamine groups is 1. The van der Waals surface area contributed by atoms with Gasteiger partial charge in [-0.3, -0.25) is 15.3 Å². The van der Waals surface area contributed by atoms with Crippen molar-refractivity contribution >= 4 is 12.0 Å². The molecule has 8 heteroatoms. The fourth-order valence-electron chi connectivity index (χ4n) is 2.85. The molecule has 30 heavy (non-hydrogen) atoms. The van der Waals surface area contributed by atoms with Gasteiger partial charge in [-0.25, -0.2) is 14.3 Å². The Morgan fingerprint density at radius 1 is 1.10 bits per heavy atom. The van der Waals surface area contributed by atoms with Crippen LogP contribution in [0.1, 0.15) is 19.4 Å². The van der Waals surface area contributed by atoms with Gasteiger partial charge in [-0.05, 0) is 42.7 Å². The van der Waals surface area contributed by atoms with E-state index in [4.69, 9.17) is 9.94 Å². The molecule has 0 aromatic heterocycles. The highest BCUT2D eigenvalue weighted by molar-refractivity contribution is 5.86. The molecule has 0 saturated carbocycles. The quantitative estimate of drug-likeness (QED) is 0.369. The normalized spacial score (nSPS) is 15.6. The zero-order chi connectivity index (χ0) is 22.4. The summed E-state index contributed by atoms with van der Waals surface area (Å²) in [6, 6.07) is 15.3. The number of aliphatic hydroxyl groups is 1. The van der Waals surface area contributed by atoms with Gasteiger partial charge in [-0.1, -0.05) is 48.6 Å². The Hall–Kier alpha value is -2.81. The molecule has 2 atom stereocenters. The molecule has 2 aromatic carbocycles. The van der Waals surface area contributed by atoms with E-state index < -0.39 is 23.5 Å². The molecule has 0 aliphatic rings. The third-order valence-electron chi connectivity index (χ3n) is 5.21. The number of carbonyl (C=O) groups is 1. The number of amides is 1. The average Bonchev–Trinajstić information content (AvgIpc) is 2.76. The van der Waals surface area contributed by atoms with Crippen LogP contribution >= 0.6 is 0 Å². The molecule has 2 unspecified atom stereocenters. The molecule has 0 saturated heterocycles. The number of hydrogen-bond donors (Lipinski definition) is 4. The fraction of sp³-hybridized carbons (Fsp3) is 0.318. The average molecular weight is 420 g/mol. The topological polar surface area (TPSA) is 90.8 Å². The van der Waals surface area contributed by atoms with Crippen LogP contribution in [0.5, 0.6) is 5.75 Å². The van der Waals surface area contributed by atoms with Crippen molar-refractivity contribution < 1.29 is 28.6 Å². The highest BCUT2D eigenvalue weighted by Gasteiger charge is 2.54. The number of alkyl halides is 2. The van der Waals surface area contributed by atoms with Crippen LogP contribution in [0, 0.1) is 0 Å². The maximum absolute atomic E-state index is 13.2. The number of halogens is 2. The Balaban J connectivity index is 2.05. The highest BCUT2D eigenvalue weighted by atomic mass is 19.3. The van der Waals surface area contributed by atoms with Crippen LogP contribution in [-0.4, -0.2) is 47.4 Å². The van der Waals surface area contributed by atoms with E-state index in [0.29, 0.717) is 0 Å². The lowest BCUT2D eigenvalue weighted by atomic mass is 9.81. The standard InChI is InChI=1S/C22H26F2N2O4/c1-21(20(27)26-29,22(2,28)19(23)24)25-14-4-5-15-6-8-16(9-7-15)17-10-12-18(30-3)13-11-17/h4-13,19,25,28-29H,14H2,1-3H3,(H,26,27)/b5-4+. The molecule has 162 valence electrons. The van der Waals surface area contributed by atoms with Crippen molar-refractivity contribution in [1.82, 2.24) is 10.8 Å². The Bertz CT molecular complexity index is 868. The van der Waals surface area contributed by atoms with Gasteiger partial charge in [0.15, 0.2) is 0 Å². The summed E-state index contributed by atoms with van der Waals surface area (Å²) in [7, 11) is 1.61. The maximum atomic E-state index is 13.2. The highest BCUT2D eigenvalue weighted by Crippen LogP contribution is 2.29. The number of rotatable bonds is 9. The molecule has 0 aliphatic carbocycles. The van der Waals surface area contributed by atoms with Crippen molar-refractivity contribution in [1.29, 1.82) is 0 Å². The van der Waals surface area contributed by atoms with Gasteiger partial charge in [0.1, 0.15) is 16.9 Å². The first-order valence-corrected chi connectivity index (χ1v) is 9.27. The van der Waals surface area contributed by atoms with Crippen LogP contribution in [0.25, 0.3) is 17.2 Å². The van der Waals surface area contributed by atoms with Crippen LogP contribution < -0.4 is 15.5 Å². The minimum atomic E-state index is -3.21. The second-order valence-electron chi connectivity index (χ2n) is 7.15. The third-order valence-corrected chi connectivity index (χ3v) is 5.21. The molecule has 4 N–H and O–H groups in total. The van der Waals surface area contributed by atoms with Gasteiger partial charge in [0.05, 0.1) is 7.11 Å². The smallest absolute Gasteiger partial charge is 0.268 e. The molecule has 0 heterocycles. The molecule has 0 fully saturated rings. The van der Waals surface area contributed by atoms with Gasteiger partial charge in [0.2, 0.25) is 0 Å². The Morgan fingerprint density at radius 2 is 1.63 bits per heavy atom. The second-order valence-corrected chi connectivity index (χ2v) is 7.15. The van der Waals surface area contributed by atoms with E-state index >= 15 is 0 Å². The summed E-state index contributed by atoms with van der Waals surface area (Å²) in [6.45, 7) is 1.94. The third kappa shape index (κ3) is 5.02. The lowest BCUT2D eigenvalue weighted by Gasteiger charge is -2.40. The largest absolute Gasteiger partial charge is 0.497 e. The molecule has 0 aliphatic heterocycles. The summed E-state index contributed by atoms with van der Waals surface area (Å²) in [4.78, 5) is 11.9. The summed E-state index contributed by atoms with van der Waals surface area (Å²) in [5.74, 6) is -0.386. The first-order valence-electron chi connectivity index (χ1n) is 9.27. The number of hydrogen-bond acceptors (Lipinski definition) is 5. The van der Waals surface area contributed by atoms with Crippen LogP contribution in [0.4, 0.5) is 8.78 Å². The Morgan fingerprint density at radius 3 is 2.10 bits per heavy atom. The zero-order valence-electron chi connectivity index (χ0n) is 17.0. The predicted octanol–water partition coefficient (Wildman–Crippen LogP) is 3.25. The first kappa shape index (κ1) is 23.5. The Kier molecular flexibility index (Phi) is 7.66. The van der Waals surface area contributed by atoms with Crippen LogP contribution in [0.15, 0.2) is 54.6 Å². The number of benzene rings is 2. The van der Waals surface area contributed by atoms with Gasteiger partial charge in [0.25, 0.3) is 12.3 Å². The molecule has 1 amide bonds. The van der Waals surface area contributed by atoms with Gasteiger partial charge in [0, 0.05) is 6.54 Å². The summed E-state index contributed by atoms with van der Waals surface area (Å²) in [5.41, 5.74) is -0.565. The molecular formula is C22H26F2N2O4. The number of ether oxygens (including phenoxy) is 1. The number of methoxy groups -OCH3 is 1. The zero-order valence-corrected chi connectivity index (χ0v) is 17.0. The van der Waals surface area contributed by atoms with Gasteiger partial charge in [-0.15, -0.1) is 0 Å². The van der Waals surface area contributed by atoms with Gasteiger partial charge in [-0.2, -0.15) is 0 Å². The van der Waals surface area contributed by atoms with E-state index in [2.05, 4.69) is 5.32 Å². The van der Waals surface area contributed by atoms with E-state index in [1.165, 1.54) is 5.48 Å².